The highest BCUT2D eigenvalue weighted by Gasteiger charge is 2.15. The Balaban J connectivity index is 2.11. The van der Waals surface area contributed by atoms with Crippen molar-refractivity contribution in [1.29, 1.82) is 0 Å². The van der Waals surface area contributed by atoms with Crippen LogP contribution in [0.25, 0.3) is 0 Å². The molecule has 6 nitrogen and oxygen atoms in total. The number of nitro groups is 1. The van der Waals surface area contributed by atoms with E-state index in [0.717, 1.165) is 24.6 Å². The first-order valence-electron chi connectivity index (χ1n) is 6.75. The molecule has 1 heterocycles. The standard InChI is InChI=1S/C14H17FN4O2/c1-2-5-16-7-11-8-17-18(9-11)10-12-6-13(15)3-4-14(12)19(20)21/h3-4,6,8-9,16H,2,5,7,10H2,1H3. The lowest BCUT2D eigenvalue weighted by molar-refractivity contribution is -0.385. The molecule has 0 aliphatic carbocycles. The molecule has 1 aromatic carbocycles. The van der Waals surface area contributed by atoms with Gasteiger partial charge in [-0.3, -0.25) is 14.8 Å². The Bertz CT molecular complexity index is 627. The van der Waals surface area contributed by atoms with Gasteiger partial charge in [-0.25, -0.2) is 4.39 Å². The lowest BCUT2D eigenvalue weighted by Crippen LogP contribution is -2.13. The molecule has 0 saturated carbocycles. The third-order valence-electron chi connectivity index (χ3n) is 3.01. The van der Waals surface area contributed by atoms with Gasteiger partial charge in [0, 0.05) is 24.4 Å². The van der Waals surface area contributed by atoms with Crippen LogP contribution in [0.2, 0.25) is 0 Å². The summed E-state index contributed by atoms with van der Waals surface area (Å²) in [5.41, 5.74) is 1.19. The normalized spacial score (nSPS) is 10.8. The maximum absolute atomic E-state index is 13.3. The van der Waals surface area contributed by atoms with E-state index in [4.69, 9.17) is 0 Å². The second-order valence-electron chi connectivity index (χ2n) is 4.75. The smallest absolute Gasteiger partial charge is 0.274 e. The van der Waals surface area contributed by atoms with E-state index in [1.54, 1.807) is 17.1 Å². The summed E-state index contributed by atoms with van der Waals surface area (Å²) in [4.78, 5) is 10.4. The summed E-state index contributed by atoms with van der Waals surface area (Å²) < 4.78 is 14.8. The molecule has 0 saturated heterocycles. The Kier molecular flexibility index (Phi) is 4.99. The SMILES string of the molecule is CCCNCc1cnn(Cc2cc(F)ccc2[N+](=O)[O-])c1. The zero-order valence-electron chi connectivity index (χ0n) is 11.8. The van der Waals surface area contributed by atoms with Gasteiger partial charge in [-0.2, -0.15) is 5.10 Å². The van der Waals surface area contributed by atoms with Gasteiger partial charge in [-0.15, -0.1) is 0 Å². The fraction of sp³-hybridized carbons (Fsp3) is 0.357. The molecule has 112 valence electrons. The highest BCUT2D eigenvalue weighted by Crippen LogP contribution is 2.20. The third-order valence-corrected chi connectivity index (χ3v) is 3.01. The first-order chi connectivity index (χ1) is 10.1. The summed E-state index contributed by atoms with van der Waals surface area (Å²) in [5.74, 6) is -0.493. The summed E-state index contributed by atoms with van der Waals surface area (Å²) >= 11 is 0. The van der Waals surface area contributed by atoms with Crippen LogP contribution < -0.4 is 5.32 Å². The van der Waals surface area contributed by atoms with Crippen molar-refractivity contribution in [1.82, 2.24) is 15.1 Å². The Labute approximate surface area is 121 Å². The van der Waals surface area contributed by atoms with Crippen LogP contribution in [-0.2, 0) is 13.1 Å². The predicted octanol–water partition coefficient (Wildman–Crippen LogP) is 2.48. The van der Waals surface area contributed by atoms with Crippen molar-refractivity contribution < 1.29 is 9.31 Å². The molecule has 2 aromatic rings. The largest absolute Gasteiger partial charge is 0.313 e. The molecule has 1 aromatic heterocycles. The minimum Gasteiger partial charge on any atom is -0.313 e. The molecule has 7 heteroatoms. The van der Waals surface area contributed by atoms with Crippen LogP contribution in [0.4, 0.5) is 10.1 Å². The van der Waals surface area contributed by atoms with Crippen LogP contribution in [0.1, 0.15) is 24.5 Å². The second kappa shape index (κ2) is 6.94. The van der Waals surface area contributed by atoms with Gasteiger partial charge in [0.25, 0.3) is 5.69 Å². The molecule has 0 radical (unpaired) electrons. The number of benzene rings is 1. The maximum Gasteiger partial charge on any atom is 0.274 e. The van der Waals surface area contributed by atoms with Crippen molar-refractivity contribution in [2.45, 2.75) is 26.4 Å². The fourth-order valence-electron chi connectivity index (χ4n) is 2.03. The molecule has 0 amide bonds. The summed E-state index contributed by atoms with van der Waals surface area (Å²) in [6.07, 6.45) is 4.55. The molecule has 0 aliphatic rings. The van der Waals surface area contributed by atoms with Crippen LogP contribution in [0.5, 0.6) is 0 Å². The van der Waals surface area contributed by atoms with Crippen LogP contribution in [0, 0.1) is 15.9 Å². The molecule has 21 heavy (non-hydrogen) atoms. The van der Waals surface area contributed by atoms with E-state index in [1.807, 2.05) is 0 Å². The fourth-order valence-corrected chi connectivity index (χ4v) is 2.03. The topological polar surface area (TPSA) is 73.0 Å². The van der Waals surface area contributed by atoms with Gasteiger partial charge >= 0.3 is 0 Å². The van der Waals surface area contributed by atoms with Gasteiger partial charge < -0.3 is 5.32 Å². The summed E-state index contributed by atoms with van der Waals surface area (Å²) in [7, 11) is 0. The van der Waals surface area contributed by atoms with Crippen molar-refractivity contribution in [2.75, 3.05) is 6.54 Å². The third kappa shape index (κ3) is 4.09. The number of hydrogen-bond acceptors (Lipinski definition) is 4. The van der Waals surface area contributed by atoms with E-state index in [2.05, 4.69) is 17.3 Å². The maximum atomic E-state index is 13.3. The van der Waals surface area contributed by atoms with Crippen LogP contribution in [0.15, 0.2) is 30.6 Å². The number of aromatic nitrogens is 2. The number of halogens is 1. The molecule has 0 aliphatic heterocycles. The number of nitrogens with one attached hydrogen (secondary N) is 1. The minimum absolute atomic E-state index is 0.0995. The van der Waals surface area contributed by atoms with E-state index < -0.39 is 10.7 Å². The summed E-state index contributed by atoms with van der Waals surface area (Å²) in [6.45, 7) is 3.86. The molecule has 2 rings (SSSR count). The van der Waals surface area contributed by atoms with Gasteiger partial charge in [-0.05, 0) is 25.1 Å². The molecule has 1 N–H and O–H groups in total. The van der Waals surface area contributed by atoms with Crippen molar-refractivity contribution in [2.24, 2.45) is 0 Å². The zero-order chi connectivity index (χ0) is 15.2. The molecular weight excluding hydrogens is 275 g/mol. The lowest BCUT2D eigenvalue weighted by atomic mass is 10.2. The number of rotatable bonds is 7. The van der Waals surface area contributed by atoms with Crippen LogP contribution in [-0.4, -0.2) is 21.2 Å². The Morgan fingerprint density at radius 1 is 1.48 bits per heavy atom. The van der Waals surface area contributed by atoms with Gasteiger partial charge in [0.15, 0.2) is 0 Å². The Morgan fingerprint density at radius 3 is 3.00 bits per heavy atom. The minimum atomic E-state index is -0.512. The molecular formula is C14H17FN4O2. The first-order valence-corrected chi connectivity index (χ1v) is 6.75. The highest BCUT2D eigenvalue weighted by molar-refractivity contribution is 5.40. The predicted molar refractivity (Wildman–Crippen MR) is 76.4 cm³/mol. The first kappa shape index (κ1) is 15.1. The molecule has 0 unspecified atom stereocenters. The molecule has 0 bridgehead atoms. The van der Waals surface area contributed by atoms with Crippen LogP contribution >= 0.6 is 0 Å². The van der Waals surface area contributed by atoms with Gasteiger partial charge in [-0.1, -0.05) is 6.92 Å². The number of hydrogen-bond donors (Lipinski definition) is 1. The van der Waals surface area contributed by atoms with E-state index in [-0.39, 0.29) is 12.2 Å². The van der Waals surface area contributed by atoms with Gasteiger partial charge in [0.05, 0.1) is 23.2 Å². The van der Waals surface area contributed by atoms with Crippen molar-refractivity contribution in [3.05, 3.63) is 57.7 Å². The van der Waals surface area contributed by atoms with Gasteiger partial charge in [0.1, 0.15) is 5.82 Å². The molecule has 0 atom stereocenters. The van der Waals surface area contributed by atoms with Crippen LogP contribution in [0.3, 0.4) is 0 Å². The number of nitro benzene ring substituents is 1. The van der Waals surface area contributed by atoms with E-state index >= 15 is 0 Å². The summed E-state index contributed by atoms with van der Waals surface area (Å²) in [5, 5.41) is 18.3. The number of nitrogens with zero attached hydrogens (tertiary/aromatic N) is 3. The lowest BCUT2D eigenvalue weighted by Gasteiger charge is -2.04. The second-order valence-corrected chi connectivity index (χ2v) is 4.75. The zero-order valence-corrected chi connectivity index (χ0v) is 11.8. The average molecular weight is 292 g/mol. The monoisotopic (exact) mass is 292 g/mol. The van der Waals surface area contributed by atoms with E-state index in [0.29, 0.717) is 12.1 Å². The van der Waals surface area contributed by atoms with Crippen molar-refractivity contribution >= 4 is 5.69 Å². The van der Waals surface area contributed by atoms with Crippen molar-refractivity contribution in [3.8, 4) is 0 Å². The Morgan fingerprint density at radius 2 is 2.29 bits per heavy atom. The van der Waals surface area contributed by atoms with E-state index in [9.17, 15) is 14.5 Å². The summed E-state index contributed by atoms with van der Waals surface area (Å²) in [6, 6.07) is 3.44. The van der Waals surface area contributed by atoms with Gasteiger partial charge in [0.2, 0.25) is 0 Å². The van der Waals surface area contributed by atoms with E-state index in [1.165, 1.54) is 12.1 Å². The molecule has 0 spiro atoms. The van der Waals surface area contributed by atoms with Crippen molar-refractivity contribution in [3.63, 3.8) is 0 Å². The quantitative estimate of drug-likeness (QED) is 0.483. The molecule has 0 fully saturated rings. The Hall–Kier alpha value is -2.28. The average Bonchev–Trinajstić information content (AvgIpc) is 2.86. The highest BCUT2D eigenvalue weighted by atomic mass is 19.1.